The predicted molar refractivity (Wildman–Crippen MR) is 45.1 cm³/mol. The lowest BCUT2D eigenvalue weighted by Gasteiger charge is -1.96. The van der Waals surface area contributed by atoms with Crippen LogP contribution >= 0.6 is 0 Å². The van der Waals surface area contributed by atoms with Crippen LogP contribution in [0, 0.1) is 0 Å². The number of anilines is 1. The van der Waals surface area contributed by atoms with Gasteiger partial charge in [-0.3, -0.25) is 0 Å². The van der Waals surface area contributed by atoms with Gasteiger partial charge in [0.25, 0.3) is 0 Å². The summed E-state index contributed by atoms with van der Waals surface area (Å²) in [7, 11) is 0. The minimum Gasteiger partial charge on any atom is -0.396 e. The van der Waals surface area contributed by atoms with Crippen LogP contribution < -0.4 is 5.73 Å². The van der Waals surface area contributed by atoms with Gasteiger partial charge in [-0.15, -0.1) is 0 Å². The minimum atomic E-state index is 0.630. The van der Waals surface area contributed by atoms with Crippen LogP contribution in [0.3, 0.4) is 0 Å². The van der Waals surface area contributed by atoms with E-state index in [1.165, 1.54) is 6.42 Å². The van der Waals surface area contributed by atoms with E-state index in [0.717, 1.165) is 18.7 Å². The van der Waals surface area contributed by atoms with E-state index in [-0.39, 0.29) is 0 Å². The molecule has 60 valence electrons. The maximum absolute atomic E-state index is 5.43. The van der Waals surface area contributed by atoms with Crippen LogP contribution in [-0.2, 0) is 6.42 Å². The van der Waals surface area contributed by atoms with Crippen molar-refractivity contribution in [2.45, 2.75) is 26.2 Å². The van der Waals surface area contributed by atoms with Crippen molar-refractivity contribution in [3.63, 3.8) is 0 Å². The highest BCUT2D eigenvalue weighted by molar-refractivity contribution is 5.30. The molecule has 0 fully saturated rings. The Labute approximate surface area is 66.7 Å². The lowest BCUT2D eigenvalue weighted by atomic mass is 10.2. The second-order valence-corrected chi connectivity index (χ2v) is 2.54. The van der Waals surface area contributed by atoms with E-state index < -0.39 is 0 Å². The second kappa shape index (κ2) is 3.91. The van der Waals surface area contributed by atoms with Gasteiger partial charge in [0.15, 0.2) is 0 Å². The average molecular weight is 151 g/mol. The van der Waals surface area contributed by atoms with Crippen LogP contribution in [0.25, 0.3) is 0 Å². The number of aromatic nitrogens is 2. The maximum atomic E-state index is 5.43. The van der Waals surface area contributed by atoms with Crippen molar-refractivity contribution in [1.82, 2.24) is 9.97 Å². The summed E-state index contributed by atoms with van der Waals surface area (Å²) >= 11 is 0. The van der Waals surface area contributed by atoms with Gasteiger partial charge in [0.05, 0.1) is 18.1 Å². The first kappa shape index (κ1) is 7.98. The lowest BCUT2D eigenvalue weighted by molar-refractivity contribution is 0.752. The number of nitrogen functional groups attached to an aromatic ring is 1. The van der Waals surface area contributed by atoms with Gasteiger partial charge in [-0.2, -0.15) is 0 Å². The summed E-state index contributed by atoms with van der Waals surface area (Å²) in [6, 6.07) is 0. The Bertz CT molecular complexity index is 205. The normalized spacial score (nSPS) is 9.91. The highest BCUT2D eigenvalue weighted by Gasteiger charge is 1.93. The molecule has 0 spiro atoms. The molecule has 1 heterocycles. The first-order valence-corrected chi connectivity index (χ1v) is 3.89. The van der Waals surface area contributed by atoms with Crippen LogP contribution in [0.1, 0.15) is 25.6 Å². The third-order valence-electron chi connectivity index (χ3n) is 1.48. The van der Waals surface area contributed by atoms with E-state index in [9.17, 15) is 0 Å². The monoisotopic (exact) mass is 151 g/mol. The topological polar surface area (TPSA) is 51.8 Å². The van der Waals surface area contributed by atoms with E-state index in [1.54, 1.807) is 12.4 Å². The van der Waals surface area contributed by atoms with E-state index in [2.05, 4.69) is 16.9 Å². The SMILES string of the molecule is CCCCc1ncc(N)cn1. The third-order valence-corrected chi connectivity index (χ3v) is 1.48. The van der Waals surface area contributed by atoms with E-state index in [0.29, 0.717) is 5.69 Å². The van der Waals surface area contributed by atoms with Gasteiger partial charge in [-0.1, -0.05) is 13.3 Å². The molecule has 3 heteroatoms. The molecule has 11 heavy (non-hydrogen) atoms. The number of rotatable bonds is 3. The summed E-state index contributed by atoms with van der Waals surface area (Å²) in [5, 5.41) is 0. The summed E-state index contributed by atoms with van der Waals surface area (Å²) in [4.78, 5) is 8.16. The van der Waals surface area contributed by atoms with E-state index >= 15 is 0 Å². The molecule has 1 aromatic heterocycles. The van der Waals surface area contributed by atoms with Gasteiger partial charge in [-0.05, 0) is 6.42 Å². The number of hydrogen-bond acceptors (Lipinski definition) is 3. The number of nitrogens with zero attached hydrogens (tertiary/aromatic N) is 2. The van der Waals surface area contributed by atoms with Gasteiger partial charge in [0.1, 0.15) is 5.82 Å². The molecular weight excluding hydrogens is 138 g/mol. The minimum absolute atomic E-state index is 0.630. The fourth-order valence-corrected chi connectivity index (χ4v) is 0.829. The molecule has 0 aliphatic carbocycles. The molecule has 0 aliphatic rings. The summed E-state index contributed by atoms with van der Waals surface area (Å²) in [5.41, 5.74) is 6.06. The molecule has 1 rings (SSSR count). The number of aryl methyl sites for hydroxylation is 1. The molecule has 0 saturated carbocycles. The van der Waals surface area contributed by atoms with Crippen LogP contribution in [0.15, 0.2) is 12.4 Å². The summed E-state index contributed by atoms with van der Waals surface area (Å²) in [6.45, 7) is 2.15. The van der Waals surface area contributed by atoms with Crippen LogP contribution in [0.5, 0.6) is 0 Å². The van der Waals surface area contributed by atoms with Crippen molar-refractivity contribution in [2.24, 2.45) is 0 Å². The smallest absolute Gasteiger partial charge is 0.128 e. The largest absolute Gasteiger partial charge is 0.396 e. The standard InChI is InChI=1S/C8H13N3/c1-2-3-4-8-10-5-7(9)6-11-8/h5-6H,2-4,9H2,1H3. The molecule has 0 bridgehead atoms. The molecule has 1 aromatic rings. The highest BCUT2D eigenvalue weighted by atomic mass is 14.9. The van der Waals surface area contributed by atoms with E-state index in [1.807, 2.05) is 0 Å². The molecule has 0 amide bonds. The van der Waals surface area contributed by atoms with Crippen LogP contribution in [0.2, 0.25) is 0 Å². The fraction of sp³-hybridized carbons (Fsp3) is 0.500. The zero-order valence-electron chi connectivity index (χ0n) is 6.75. The Kier molecular flexibility index (Phi) is 2.83. The molecule has 3 nitrogen and oxygen atoms in total. The molecule has 0 aromatic carbocycles. The van der Waals surface area contributed by atoms with Gasteiger partial charge in [0, 0.05) is 6.42 Å². The van der Waals surface area contributed by atoms with Gasteiger partial charge < -0.3 is 5.73 Å². The van der Waals surface area contributed by atoms with Crippen molar-refractivity contribution in [2.75, 3.05) is 5.73 Å². The summed E-state index contributed by atoms with van der Waals surface area (Å²) < 4.78 is 0. The number of nitrogens with two attached hydrogens (primary N) is 1. The van der Waals surface area contributed by atoms with Crippen molar-refractivity contribution in [3.8, 4) is 0 Å². The van der Waals surface area contributed by atoms with Gasteiger partial charge in [0.2, 0.25) is 0 Å². The zero-order chi connectivity index (χ0) is 8.10. The molecule has 2 N–H and O–H groups in total. The molecule has 0 radical (unpaired) electrons. The predicted octanol–water partition coefficient (Wildman–Crippen LogP) is 1.40. The van der Waals surface area contributed by atoms with E-state index in [4.69, 9.17) is 5.73 Å². The third kappa shape index (κ3) is 2.53. The van der Waals surface area contributed by atoms with Crippen molar-refractivity contribution < 1.29 is 0 Å². The summed E-state index contributed by atoms with van der Waals surface area (Å²) in [5.74, 6) is 0.890. The quantitative estimate of drug-likeness (QED) is 0.710. The summed E-state index contributed by atoms with van der Waals surface area (Å²) in [6.07, 6.45) is 6.57. The van der Waals surface area contributed by atoms with Crippen molar-refractivity contribution in [3.05, 3.63) is 18.2 Å². The zero-order valence-corrected chi connectivity index (χ0v) is 6.75. The Morgan fingerprint density at radius 1 is 1.36 bits per heavy atom. The Hall–Kier alpha value is -1.12. The molecule has 0 unspecified atom stereocenters. The van der Waals surface area contributed by atoms with Crippen molar-refractivity contribution in [1.29, 1.82) is 0 Å². The first-order chi connectivity index (χ1) is 5.33. The Balaban J connectivity index is 2.52. The second-order valence-electron chi connectivity index (χ2n) is 2.54. The van der Waals surface area contributed by atoms with Crippen LogP contribution in [0.4, 0.5) is 5.69 Å². The molecule has 0 atom stereocenters. The fourth-order valence-electron chi connectivity index (χ4n) is 0.829. The molecule has 0 aliphatic heterocycles. The maximum Gasteiger partial charge on any atom is 0.128 e. The van der Waals surface area contributed by atoms with Gasteiger partial charge in [-0.25, -0.2) is 9.97 Å². The van der Waals surface area contributed by atoms with Crippen molar-refractivity contribution >= 4 is 5.69 Å². The van der Waals surface area contributed by atoms with Gasteiger partial charge >= 0.3 is 0 Å². The first-order valence-electron chi connectivity index (χ1n) is 3.89. The average Bonchev–Trinajstić information content (AvgIpc) is 2.04. The molecule has 0 saturated heterocycles. The Morgan fingerprint density at radius 3 is 2.55 bits per heavy atom. The number of unbranched alkanes of at least 4 members (excludes halogenated alkanes) is 1. The Morgan fingerprint density at radius 2 is 2.00 bits per heavy atom. The lowest BCUT2D eigenvalue weighted by Crippen LogP contribution is -1.96. The highest BCUT2D eigenvalue weighted by Crippen LogP contribution is 2.00. The molecular formula is C8H13N3. The number of hydrogen-bond donors (Lipinski definition) is 1. The van der Waals surface area contributed by atoms with Crippen LogP contribution in [-0.4, -0.2) is 9.97 Å².